The molecule has 0 fully saturated rings. The summed E-state index contributed by atoms with van der Waals surface area (Å²) < 4.78 is 5.51. The van der Waals surface area contributed by atoms with Gasteiger partial charge in [-0.05, 0) is 33.4 Å². The number of carbonyl (C=O) groups is 1. The third kappa shape index (κ3) is 9.86. The molecule has 0 aromatic rings. The fourth-order valence-corrected chi connectivity index (χ4v) is 1.22. The van der Waals surface area contributed by atoms with Gasteiger partial charge in [-0.3, -0.25) is 4.79 Å². The Labute approximate surface area is 91.0 Å². The fourth-order valence-electron chi connectivity index (χ4n) is 0.860. The van der Waals surface area contributed by atoms with Crippen molar-refractivity contribution in [1.82, 2.24) is 5.32 Å². The minimum absolute atomic E-state index is 0.0801. The van der Waals surface area contributed by atoms with Crippen molar-refractivity contribution < 1.29 is 9.53 Å². The van der Waals surface area contributed by atoms with Crippen LogP contribution in [-0.4, -0.2) is 36.7 Å². The number of amides is 1. The molecule has 0 saturated carbocycles. The Balaban J connectivity index is 3.26. The summed E-state index contributed by atoms with van der Waals surface area (Å²) in [5.41, 5.74) is -0.0801. The Bertz CT molecular complexity index is 166. The van der Waals surface area contributed by atoms with Gasteiger partial charge >= 0.3 is 0 Å². The van der Waals surface area contributed by atoms with Gasteiger partial charge in [-0.15, -0.1) is 0 Å². The van der Waals surface area contributed by atoms with E-state index < -0.39 is 0 Å². The smallest absolute Gasteiger partial charge is 0.229 e. The molecular formula is C10H21NO2S. The minimum atomic E-state index is -0.0801. The van der Waals surface area contributed by atoms with Crippen molar-refractivity contribution >= 4 is 17.7 Å². The van der Waals surface area contributed by atoms with Crippen LogP contribution in [0.1, 0.15) is 27.2 Å². The number of carbonyl (C=O) groups excluding carboxylic acids is 1. The molecule has 0 bridgehead atoms. The Morgan fingerprint density at radius 3 is 2.57 bits per heavy atom. The lowest BCUT2D eigenvalue weighted by molar-refractivity contribution is -0.118. The van der Waals surface area contributed by atoms with Crippen LogP contribution in [0.5, 0.6) is 0 Å². The van der Waals surface area contributed by atoms with Crippen LogP contribution >= 0.6 is 11.8 Å². The van der Waals surface area contributed by atoms with E-state index in [0.717, 1.165) is 6.42 Å². The van der Waals surface area contributed by atoms with Crippen LogP contribution in [0.2, 0.25) is 0 Å². The van der Waals surface area contributed by atoms with Crippen LogP contribution < -0.4 is 5.32 Å². The van der Waals surface area contributed by atoms with E-state index in [1.807, 2.05) is 27.0 Å². The number of ether oxygens (including phenoxy) is 1. The molecule has 0 aromatic carbocycles. The second kappa shape index (κ2) is 7.12. The van der Waals surface area contributed by atoms with Gasteiger partial charge in [0.25, 0.3) is 0 Å². The van der Waals surface area contributed by atoms with Gasteiger partial charge in [0, 0.05) is 13.2 Å². The lowest BCUT2D eigenvalue weighted by Gasteiger charge is -2.19. The highest BCUT2D eigenvalue weighted by Gasteiger charge is 2.08. The first kappa shape index (κ1) is 13.8. The first-order chi connectivity index (χ1) is 6.45. The van der Waals surface area contributed by atoms with E-state index in [1.165, 1.54) is 11.8 Å². The molecular weight excluding hydrogens is 198 g/mol. The second-order valence-corrected chi connectivity index (χ2v) is 4.96. The summed E-state index contributed by atoms with van der Waals surface area (Å²) in [5.74, 6) is 0.647. The quantitative estimate of drug-likeness (QED) is 0.691. The van der Waals surface area contributed by atoms with Gasteiger partial charge in [-0.25, -0.2) is 0 Å². The molecule has 0 radical (unpaired) electrons. The molecule has 1 amide bonds. The molecule has 0 rings (SSSR count). The average molecular weight is 219 g/mol. The zero-order chi connectivity index (χ0) is 11.0. The van der Waals surface area contributed by atoms with Crippen molar-refractivity contribution in [3.8, 4) is 0 Å². The predicted octanol–water partition coefficient (Wildman–Crippen LogP) is 1.67. The van der Waals surface area contributed by atoms with Gasteiger partial charge in [-0.1, -0.05) is 0 Å². The summed E-state index contributed by atoms with van der Waals surface area (Å²) in [7, 11) is 0. The van der Waals surface area contributed by atoms with Crippen LogP contribution in [0, 0.1) is 0 Å². The molecule has 0 spiro atoms. The first-order valence-electron chi connectivity index (χ1n) is 4.85. The van der Waals surface area contributed by atoms with Crippen molar-refractivity contribution in [3.05, 3.63) is 0 Å². The minimum Gasteiger partial charge on any atom is -0.376 e. The van der Waals surface area contributed by atoms with Gasteiger partial charge < -0.3 is 10.1 Å². The molecule has 0 aliphatic carbocycles. The monoisotopic (exact) mass is 219 g/mol. The molecule has 0 aliphatic heterocycles. The number of hydrogen-bond donors (Lipinski definition) is 1. The standard InChI is InChI=1S/C10H21NO2S/c1-10(2,3)13-7-5-6-11-9(12)8-14-4/h5-8H2,1-4H3,(H,11,12). The summed E-state index contributed by atoms with van der Waals surface area (Å²) in [6, 6.07) is 0. The van der Waals surface area contributed by atoms with Crippen molar-refractivity contribution in [2.75, 3.05) is 25.2 Å². The molecule has 4 heteroatoms. The topological polar surface area (TPSA) is 38.3 Å². The van der Waals surface area contributed by atoms with Gasteiger partial charge in [0.05, 0.1) is 11.4 Å². The molecule has 1 N–H and O–H groups in total. The van der Waals surface area contributed by atoms with Crippen molar-refractivity contribution in [2.24, 2.45) is 0 Å². The maximum Gasteiger partial charge on any atom is 0.229 e. The number of thioether (sulfide) groups is 1. The van der Waals surface area contributed by atoms with E-state index in [4.69, 9.17) is 4.74 Å². The van der Waals surface area contributed by atoms with Crippen molar-refractivity contribution in [3.63, 3.8) is 0 Å². The lowest BCUT2D eigenvalue weighted by Crippen LogP contribution is -2.28. The van der Waals surface area contributed by atoms with Crippen molar-refractivity contribution in [1.29, 1.82) is 0 Å². The first-order valence-corrected chi connectivity index (χ1v) is 6.24. The SMILES string of the molecule is CSCC(=O)NCCCOC(C)(C)C. The molecule has 84 valence electrons. The summed E-state index contributed by atoms with van der Waals surface area (Å²) >= 11 is 1.53. The van der Waals surface area contributed by atoms with Crippen LogP contribution in [0.3, 0.4) is 0 Å². The number of hydrogen-bond acceptors (Lipinski definition) is 3. The van der Waals surface area contributed by atoms with E-state index in [9.17, 15) is 4.79 Å². The summed E-state index contributed by atoms with van der Waals surface area (Å²) in [6.45, 7) is 7.48. The van der Waals surface area contributed by atoms with E-state index in [-0.39, 0.29) is 11.5 Å². The Morgan fingerprint density at radius 1 is 1.43 bits per heavy atom. The highest BCUT2D eigenvalue weighted by atomic mass is 32.2. The zero-order valence-electron chi connectivity index (χ0n) is 9.55. The summed E-state index contributed by atoms with van der Waals surface area (Å²) in [6.07, 6.45) is 2.79. The van der Waals surface area contributed by atoms with E-state index in [2.05, 4.69) is 5.32 Å². The molecule has 0 aromatic heterocycles. The molecule has 3 nitrogen and oxygen atoms in total. The molecule has 0 aliphatic rings. The Hall–Kier alpha value is -0.220. The third-order valence-electron chi connectivity index (χ3n) is 1.45. The van der Waals surface area contributed by atoms with Gasteiger partial charge in [-0.2, -0.15) is 11.8 Å². The highest BCUT2D eigenvalue weighted by molar-refractivity contribution is 7.99. The van der Waals surface area contributed by atoms with Crippen LogP contribution in [0.15, 0.2) is 0 Å². The van der Waals surface area contributed by atoms with Crippen LogP contribution in [-0.2, 0) is 9.53 Å². The normalized spacial score (nSPS) is 11.4. The lowest BCUT2D eigenvalue weighted by atomic mass is 10.2. The summed E-state index contributed by atoms with van der Waals surface area (Å²) in [5, 5.41) is 2.83. The predicted molar refractivity (Wildman–Crippen MR) is 61.7 cm³/mol. The largest absolute Gasteiger partial charge is 0.376 e. The van der Waals surface area contributed by atoms with Gasteiger partial charge in [0.1, 0.15) is 0 Å². The van der Waals surface area contributed by atoms with Crippen LogP contribution in [0.25, 0.3) is 0 Å². The molecule has 0 saturated heterocycles. The fraction of sp³-hybridized carbons (Fsp3) is 0.900. The number of nitrogens with one attached hydrogen (secondary N) is 1. The van der Waals surface area contributed by atoms with Gasteiger partial charge in [0.2, 0.25) is 5.91 Å². The maximum absolute atomic E-state index is 11.0. The van der Waals surface area contributed by atoms with E-state index in [0.29, 0.717) is 18.9 Å². The molecule has 0 atom stereocenters. The van der Waals surface area contributed by atoms with E-state index in [1.54, 1.807) is 0 Å². The van der Waals surface area contributed by atoms with Crippen molar-refractivity contribution in [2.45, 2.75) is 32.8 Å². The zero-order valence-corrected chi connectivity index (χ0v) is 10.4. The second-order valence-electron chi connectivity index (χ2n) is 4.10. The third-order valence-corrected chi connectivity index (χ3v) is 2.00. The van der Waals surface area contributed by atoms with E-state index >= 15 is 0 Å². The summed E-state index contributed by atoms with van der Waals surface area (Å²) in [4.78, 5) is 11.0. The average Bonchev–Trinajstić information content (AvgIpc) is 2.02. The Morgan fingerprint density at radius 2 is 2.07 bits per heavy atom. The highest BCUT2D eigenvalue weighted by Crippen LogP contribution is 2.06. The molecule has 14 heavy (non-hydrogen) atoms. The molecule has 0 heterocycles. The van der Waals surface area contributed by atoms with Crippen LogP contribution in [0.4, 0.5) is 0 Å². The maximum atomic E-state index is 11.0. The number of rotatable bonds is 6. The molecule has 0 unspecified atom stereocenters. The van der Waals surface area contributed by atoms with Gasteiger partial charge in [0.15, 0.2) is 0 Å². The Kier molecular flexibility index (Phi) is 7.01.